The van der Waals surface area contributed by atoms with Crippen LogP contribution in [0.25, 0.3) is 0 Å². The van der Waals surface area contributed by atoms with Gasteiger partial charge in [-0.25, -0.2) is 0 Å². The average Bonchev–Trinajstić information content (AvgIpc) is 2.35. The van der Waals surface area contributed by atoms with Crippen LogP contribution >= 0.6 is 0 Å². The molecule has 0 amide bonds. The Kier molecular flexibility index (Phi) is 4.03. The maximum absolute atomic E-state index is 9.86. The smallest absolute Gasteiger partial charge is 0.133 e. The van der Waals surface area contributed by atoms with Crippen molar-refractivity contribution in [3.8, 4) is 17.2 Å². The highest BCUT2D eigenvalue weighted by Crippen LogP contribution is 2.34. The molecular formula is C18H22O2. The number of rotatable bonds is 3. The molecule has 0 aromatic heterocycles. The number of phenols is 1. The third-order valence-electron chi connectivity index (χ3n) is 3.45. The highest BCUT2D eigenvalue weighted by atomic mass is 16.5. The van der Waals surface area contributed by atoms with Gasteiger partial charge in [-0.15, -0.1) is 0 Å². The second-order valence-corrected chi connectivity index (χ2v) is 5.71. The lowest BCUT2D eigenvalue weighted by Gasteiger charge is -2.15. The molecule has 0 fully saturated rings. The van der Waals surface area contributed by atoms with Crippen LogP contribution in [0.5, 0.6) is 17.2 Å². The molecule has 0 saturated carbocycles. The van der Waals surface area contributed by atoms with Crippen molar-refractivity contribution < 1.29 is 9.84 Å². The third kappa shape index (κ3) is 2.96. The number of hydrogen-bond donors (Lipinski definition) is 1. The van der Waals surface area contributed by atoms with Gasteiger partial charge in [0.2, 0.25) is 0 Å². The number of benzene rings is 2. The quantitative estimate of drug-likeness (QED) is 0.827. The molecule has 0 aliphatic heterocycles. The molecule has 0 aliphatic rings. The van der Waals surface area contributed by atoms with Crippen molar-refractivity contribution >= 4 is 0 Å². The molecule has 0 unspecified atom stereocenters. The summed E-state index contributed by atoms with van der Waals surface area (Å²) in [5.41, 5.74) is 4.40. The van der Waals surface area contributed by atoms with E-state index in [2.05, 4.69) is 46.8 Å². The lowest BCUT2D eigenvalue weighted by atomic mass is 10.0. The van der Waals surface area contributed by atoms with Gasteiger partial charge in [0.25, 0.3) is 0 Å². The summed E-state index contributed by atoms with van der Waals surface area (Å²) >= 11 is 0. The molecule has 2 aromatic carbocycles. The molecule has 2 rings (SSSR count). The van der Waals surface area contributed by atoms with Gasteiger partial charge in [-0.2, -0.15) is 0 Å². The maximum atomic E-state index is 9.86. The largest absolute Gasteiger partial charge is 0.508 e. The Hall–Kier alpha value is -1.96. The number of aromatic hydroxyl groups is 1. The number of hydrogen-bond acceptors (Lipinski definition) is 2. The SMILES string of the molecule is Cc1cc(C)c(Oc2ccc(O)c(C(C)C)c2)c(C)c1. The molecule has 0 aliphatic carbocycles. The lowest BCUT2D eigenvalue weighted by Crippen LogP contribution is -1.94. The van der Waals surface area contributed by atoms with Gasteiger partial charge in [0.05, 0.1) is 0 Å². The molecule has 0 bridgehead atoms. The lowest BCUT2D eigenvalue weighted by molar-refractivity contribution is 0.452. The summed E-state index contributed by atoms with van der Waals surface area (Å²) in [6.07, 6.45) is 0. The van der Waals surface area contributed by atoms with Crippen molar-refractivity contribution in [3.63, 3.8) is 0 Å². The summed E-state index contributed by atoms with van der Waals surface area (Å²) in [6.45, 7) is 10.3. The van der Waals surface area contributed by atoms with E-state index >= 15 is 0 Å². The third-order valence-corrected chi connectivity index (χ3v) is 3.45. The van der Waals surface area contributed by atoms with Gasteiger partial charge in [0.1, 0.15) is 17.2 Å². The molecule has 20 heavy (non-hydrogen) atoms. The molecular weight excluding hydrogens is 248 g/mol. The predicted octanol–water partition coefficient (Wildman–Crippen LogP) is 5.23. The van der Waals surface area contributed by atoms with E-state index in [0.717, 1.165) is 28.2 Å². The van der Waals surface area contributed by atoms with Gasteiger partial charge in [-0.1, -0.05) is 31.5 Å². The zero-order chi connectivity index (χ0) is 14.9. The fraction of sp³-hybridized carbons (Fsp3) is 0.333. The van der Waals surface area contributed by atoms with E-state index < -0.39 is 0 Å². The Bertz CT molecular complexity index is 604. The van der Waals surface area contributed by atoms with Crippen LogP contribution in [0.2, 0.25) is 0 Å². The Balaban J connectivity index is 2.38. The Morgan fingerprint density at radius 1 is 0.950 bits per heavy atom. The monoisotopic (exact) mass is 270 g/mol. The van der Waals surface area contributed by atoms with Crippen molar-refractivity contribution in [1.82, 2.24) is 0 Å². The minimum atomic E-state index is 0.263. The van der Waals surface area contributed by atoms with E-state index in [9.17, 15) is 5.11 Å². The van der Waals surface area contributed by atoms with Gasteiger partial charge in [0.15, 0.2) is 0 Å². The number of phenolic OH excluding ortho intramolecular Hbond substituents is 1. The Labute approximate surface area is 121 Å². The molecule has 0 spiro atoms. The molecule has 2 heteroatoms. The summed E-state index contributed by atoms with van der Waals surface area (Å²) in [5, 5.41) is 9.86. The van der Waals surface area contributed by atoms with Crippen LogP contribution in [0, 0.1) is 20.8 Å². The van der Waals surface area contributed by atoms with Crippen LogP contribution in [-0.4, -0.2) is 5.11 Å². The van der Waals surface area contributed by atoms with E-state index in [-0.39, 0.29) is 5.92 Å². The molecule has 2 aromatic rings. The van der Waals surface area contributed by atoms with E-state index in [1.165, 1.54) is 5.56 Å². The molecule has 0 radical (unpaired) electrons. The normalized spacial score (nSPS) is 10.9. The zero-order valence-electron chi connectivity index (χ0n) is 12.8. The highest BCUT2D eigenvalue weighted by molar-refractivity contribution is 5.48. The second-order valence-electron chi connectivity index (χ2n) is 5.71. The van der Waals surface area contributed by atoms with Crippen LogP contribution in [-0.2, 0) is 0 Å². The molecule has 0 saturated heterocycles. The summed E-state index contributed by atoms with van der Waals surface area (Å²) in [6, 6.07) is 9.65. The van der Waals surface area contributed by atoms with Gasteiger partial charge in [-0.3, -0.25) is 0 Å². The summed E-state index contributed by atoms with van der Waals surface area (Å²) in [7, 11) is 0. The first-order valence-corrected chi connectivity index (χ1v) is 6.97. The predicted molar refractivity (Wildman–Crippen MR) is 82.9 cm³/mol. The van der Waals surface area contributed by atoms with Crippen molar-refractivity contribution in [3.05, 3.63) is 52.6 Å². The topological polar surface area (TPSA) is 29.5 Å². The summed E-state index contributed by atoms with van der Waals surface area (Å²) in [5.74, 6) is 2.25. The van der Waals surface area contributed by atoms with E-state index in [0.29, 0.717) is 5.75 Å². The molecule has 0 heterocycles. The Morgan fingerprint density at radius 2 is 1.55 bits per heavy atom. The molecule has 0 atom stereocenters. The van der Waals surface area contributed by atoms with Crippen molar-refractivity contribution in [2.45, 2.75) is 40.5 Å². The van der Waals surface area contributed by atoms with Gasteiger partial charge >= 0.3 is 0 Å². The molecule has 2 nitrogen and oxygen atoms in total. The minimum absolute atomic E-state index is 0.263. The van der Waals surface area contributed by atoms with Crippen molar-refractivity contribution in [2.24, 2.45) is 0 Å². The first-order valence-electron chi connectivity index (χ1n) is 6.97. The van der Waals surface area contributed by atoms with Crippen LogP contribution in [0.1, 0.15) is 42.0 Å². The van der Waals surface area contributed by atoms with Gasteiger partial charge in [0, 0.05) is 5.56 Å². The number of aryl methyl sites for hydroxylation is 3. The first-order chi connectivity index (χ1) is 9.38. The van der Waals surface area contributed by atoms with Crippen molar-refractivity contribution in [1.29, 1.82) is 0 Å². The van der Waals surface area contributed by atoms with Crippen LogP contribution in [0.3, 0.4) is 0 Å². The first kappa shape index (κ1) is 14.4. The average molecular weight is 270 g/mol. The van der Waals surface area contributed by atoms with Crippen molar-refractivity contribution in [2.75, 3.05) is 0 Å². The van der Waals surface area contributed by atoms with E-state index in [1.807, 2.05) is 6.07 Å². The highest BCUT2D eigenvalue weighted by Gasteiger charge is 2.10. The standard InChI is InChI=1S/C18H22O2/c1-11(2)16-10-15(6-7-17(16)19)20-18-13(4)8-12(3)9-14(18)5/h6-11,19H,1-5H3. The van der Waals surface area contributed by atoms with E-state index in [1.54, 1.807) is 12.1 Å². The number of ether oxygens (including phenoxy) is 1. The summed E-state index contributed by atoms with van der Waals surface area (Å²) in [4.78, 5) is 0. The molecule has 106 valence electrons. The minimum Gasteiger partial charge on any atom is -0.508 e. The summed E-state index contributed by atoms with van der Waals surface area (Å²) < 4.78 is 6.03. The fourth-order valence-electron chi connectivity index (χ4n) is 2.50. The zero-order valence-corrected chi connectivity index (χ0v) is 12.8. The van der Waals surface area contributed by atoms with E-state index in [4.69, 9.17) is 4.74 Å². The maximum Gasteiger partial charge on any atom is 0.133 e. The van der Waals surface area contributed by atoms with Crippen LogP contribution < -0.4 is 4.74 Å². The van der Waals surface area contributed by atoms with Crippen LogP contribution in [0.15, 0.2) is 30.3 Å². The Morgan fingerprint density at radius 3 is 2.10 bits per heavy atom. The van der Waals surface area contributed by atoms with Crippen LogP contribution in [0.4, 0.5) is 0 Å². The van der Waals surface area contributed by atoms with Gasteiger partial charge < -0.3 is 9.84 Å². The fourth-order valence-corrected chi connectivity index (χ4v) is 2.50. The second kappa shape index (κ2) is 5.58. The van der Waals surface area contributed by atoms with Gasteiger partial charge in [-0.05, 0) is 56.0 Å². The molecule has 1 N–H and O–H groups in total.